The first kappa shape index (κ1) is 14.6. The monoisotopic (exact) mass is 269 g/mol. The third-order valence-electron chi connectivity index (χ3n) is 2.21. The van der Waals surface area contributed by atoms with Crippen molar-refractivity contribution in [2.24, 2.45) is 0 Å². The van der Waals surface area contributed by atoms with Crippen LogP contribution >= 0.6 is 0 Å². The van der Waals surface area contributed by atoms with Crippen LogP contribution in [0.5, 0.6) is 0 Å². The minimum Gasteiger partial charge on any atom is -0.467 e. The number of rotatable bonds is 6. The Hall–Kier alpha value is -2.45. The number of nitro groups is 1. The van der Waals surface area contributed by atoms with Crippen LogP contribution < -0.4 is 10.6 Å². The van der Waals surface area contributed by atoms with E-state index in [1.54, 1.807) is 0 Å². The summed E-state index contributed by atoms with van der Waals surface area (Å²) in [7, 11) is 1.24. The van der Waals surface area contributed by atoms with Crippen LogP contribution in [0.3, 0.4) is 0 Å². The lowest BCUT2D eigenvalue weighted by atomic mass is 10.3. The van der Waals surface area contributed by atoms with Crippen molar-refractivity contribution in [2.45, 2.75) is 19.9 Å². The number of methoxy groups -OCH3 is 1. The quantitative estimate of drug-likeness (QED) is 0.442. The van der Waals surface area contributed by atoms with Crippen LogP contribution in [-0.2, 0) is 9.53 Å². The van der Waals surface area contributed by atoms with Gasteiger partial charge < -0.3 is 15.4 Å². The molecular formula is C10H15N5O4. The molecule has 9 nitrogen and oxygen atoms in total. The van der Waals surface area contributed by atoms with Crippen molar-refractivity contribution >= 4 is 23.4 Å². The molecule has 0 aliphatic heterocycles. The third kappa shape index (κ3) is 3.76. The first-order valence-corrected chi connectivity index (χ1v) is 5.59. The van der Waals surface area contributed by atoms with E-state index in [4.69, 9.17) is 0 Å². The minimum absolute atomic E-state index is 0.0335. The van der Waals surface area contributed by atoms with Crippen molar-refractivity contribution in [1.29, 1.82) is 0 Å². The lowest BCUT2D eigenvalue weighted by molar-refractivity contribution is -0.384. The fourth-order valence-electron chi connectivity index (χ4n) is 1.30. The maximum Gasteiger partial charge on any atom is 0.329 e. The lowest BCUT2D eigenvalue weighted by Crippen LogP contribution is -2.28. The van der Waals surface area contributed by atoms with E-state index in [-0.39, 0.29) is 17.5 Å². The molecular weight excluding hydrogens is 254 g/mol. The Morgan fingerprint density at radius 3 is 2.84 bits per heavy atom. The van der Waals surface area contributed by atoms with Gasteiger partial charge in [-0.15, -0.1) is 0 Å². The molecule has 0 saturated heterocycles. The van der Waals surface area contributed by atoms with Crippen molar-refractivity contribution in [2.75, 3.05) is 24.3 Å². The van der Waals surface area contributed by atoms with Gasteiger partial charge >= 0.3 is 11.7 Å². The average Bonchev–Trinajstić information content (AvgIpc) is 2.38. The van der Waals surface area contributed by atoms with Gasteiger partial charge in [0.1, 0.15) is 12.2 Å². The molecule has 1 rings (SSSR count). The fraction of sp³-hybridized carbons (Fsp3) is 0.500. The molecule has 0 radical (unpaired) electrons. The minimum atomic E-state index is -0.756. The highest BCUT2D eigenvalue weighted by Gasteiger charge is 2.22. The lowest BCUT2D eigenvalue weighted by Gasteiger charge is -2.12. The smallest absolute Gasteiger partial charge is 0.329 e. The number of ether oxygens (including phenoxy) is 1. The maximum absolute atomic E-state index is 11.3. The molecule has 0 aliphatic carbocycles. The van der Waals surface area contributed by atoms with Crippen molar-refractivity contribution in [3.05, 3.63) is 16.3 Å². The molecule has 19 heavy (non-hydrogen) atoms. The van der Waals surface area contributed by atoms with Gasteiger partial charge in [-0.05, 0) is 13.8 Å². The van der Waals surface area contributed by atoms with Crippen LogP contribution in [0, 0.1) is 10.1 Å². The molecule has 0 spiro atoms. The second kappa shape index (κ2) is 6.47. The van der Waals surface area contributed by atoms with Gasteiger partial charge in [0.25, 0.3) is 0 Å². The zero-order chi connectivity index (χ0) is 14.4. The highest BCUT2D eigenvalue weighted by molar-refractivity contribution is 5.79. The van der Waals surface area contributed by atoms with Crippen molar-refractivity contribution in [3.63, 3.8) is 0 Å². The van der Waals surface area contributed by atoms with E-state index >= 15 is 0 Å². The second-order valence-corrected chi connectivity index (χ2v) is 3.60. The second-order valence-electron chi connectivity index (χ2n) is 3.60. The molecule has 104 valence electrons. The molecule has 2 N–H and O–H groups in total. The van der Waals surface area contributed by atoms with Gasteiger partial charge in [-0.25, -0.2) is 9.78 Å². The summed E-state index contributed by atoms with van der Waals surface area (Å²) in [4.78, 5) is 29.3. The molecule has 1 heterocycles. The number of nitrogens with zero attached hydrogens (tertiary/aromatic N) is 3. The highest BCUT2D eigenvalue weighted by atomic mass is 16.6. The van der Waals surface area contributed by atoms with E-state index in [0.29, 0.717) is 6.54 Å². The molecule has 0 aliphatic rings. The summed E-state index contributed by atoms with van der Waals surface area (Å²) in [6, 6.07) is -0.756. The largest absolute Gasteiger partial charge is 0.467 e. The first-order valence-electron chi connectivity index (χ1n) is 5.59. The average molecular weight is 269 g/mol. The summed E-state index contributed by atoms with van der Waals surface area (Å²) in [6.45, 7) is 3.93. The number of hydrogen-bond donors (Lipinski definition) is 2. The maximum atomic E-state index is 11.3. The molecule has 1 unspecified atom stereocenters. The fourth-order valence-corrected chi connectivity index (χ4v) is 1.30. The molecule has 1 atom stereocenters. The number of nitrogens with one attached hydrogen (secondary N) is 2. The van der Waals surface area contributed by atoms with Gasteiger partial charge in [-0.3, -0.25) is 10.1 Å². The molecule has 0 amide bonds. The van der Waals surface area contributed by atoms with Crippen LogP contribution in [-0.4, -0.2) is 40.6 Å². The van der Waals surface area contributed by atoms with Crippen LogP contribution in [0.25, 0.3) is 0 Å². The Morgan fingerprint density at radius 1 is 1.63 bits per heavy atom. The normalized spacial score (nSPS) is 11.5. The standard InChI is InChI=1S/C10H15N5O4/c1-4-11-10-12-5-7(15(17)18)8(14-10)13-6(2)9(16)19-3/h5-6H,4H2,1-3H3,(H2,11,12,13,14). The van der Waals surface area contributed by atoms with Gasteiger partial charge in [-0.1, -0.05) is 0 Å². The molecule has 0 saturated carbocycles. The Labute approximate surface area is 109 Å². The van der Waals surface area contributed by atoms with Gasteiger partial charge in [0.05, 0.1) is 12.0 Å². The number of carbonyl (C=O) groups is 1. The van der Waals surface area contributed by atoms with Crippen molar-refractivity contribution < 1.29 is 14.5 Å². The van der Waals surface area contributed by atoms with E-state index in [2.05, 4.69) is 25.3 Å². The summed E-state index contributed by atoms with van der Waals surface area (Å²) in [5.41, 5.74) is -0.308. The van der Waals surface area contributed by atoms with Gasteiger partial charge in [0.15, 0.2) is 0 Å². The SMILES string of the molecule is CCNc1ncc([N+](=O)[O-])c(NC(C)C(=O)OC)n1. The number of carbonyl (C=O) groups excluding carboxylic acids is 1. The Bertz CT molecular complexity index is 479. The topological polar surface area (TPSA) is 119 Å². The summed E-state index contributed by atoms with van der Waals surface area (Å²) in [6.07, 6.45) is 1.08. The van der Waals surface area contributed by atoms with E-state index in [1.165, 1.54) is 14.0 Å². The Morgan fingerprint density at radius 2 is 2.32 bits per heavy atom. The molecule has 0 bridgehead atoms. The predicted molar refractivity (Wildman–Crippen MR) is 68.0 cm³/mol. The van der Waals surface area contributed by atoms with E-state index in [1.807, 2.05) is 6.92 Å². The van der Waals surface area contributed by atoms with Gasteiger partial charge in [-0.2, -0.15) is 4.98 Å². The van der Waals surface area contributed by atoms with Crippen molar-refractivity contribution in [3.8, 4) is 0 Å². The molecule has 0 aromatic carbocycles. The first-order chi connectivity index (χ1) is 8.99. The van der Waals surface area contributed by atoms with Crippen LogP contribution in [0.2, 0.25) is 0 Å². The molecule has 1 aromatic heterocycles. The molecule has 9 heteroatoms. The van der Waals surface area contributed by atoms with Gasteiger partial charge in [0, 0.05) is 6.54 Å². The summed E-state index contributed by atoms with van der Waals surface area (Å²) in [5, 5.41) is 16.3. The highest BCUT2D eigenvalue weighted by Crippen LogP contribution is 2.22. The zero-order valence-electron chi connectivity index (χ0n) is 10.8. The third-order valence-corrected chi connectivity index (χ3v) is 2.21. The number of aromatic nitrogens is 2. The summed E-state index contributed by atoms with van der Waals surface area (Å²) < 4.78 is 4.53. The predicted octanol–water partition coefficient (Wildman–Crippen LogP) is 0.790. The van der Waals surface area contributed by atoms with E-state index in [0.717, 1.165) is 6.20 Å². The van der Waals surface area contributed by atoms with Crippen LogP contribution in [0.1, 0.15) is 13.8 Å². The summed E-state index contributed by atoms with van der Waals surface area (Å²) >= 11 is 0. The van der Waals surface area contributed by atoms with Crippen LogP contribution in [0.4, 0.5) is 17.5 Å². The van der Waals surface area contributed by atoms with E-state index in [9.17, 15) is 14.9 Å². The molecule has 0 fully saturated rings. The summed E-state index contributed by atoms with van der Waals surface area (Å²) in [5.74, 6) is -0.334. The Balaban J connectivity index is 3.03. The number of hydrogen-bond acceptors (Lipinski definition) is 8. The van der Waals surface area contributed by atoms with Gasteiger partial charge in [0.2, 0.25) is 11.8 Å². The zero-order valence-corrected chi connectivity index (χ0v) is 10.8. The number of anilines is 2. The number of esters is 1. The van der Waals surface area contributed by atoms with E-state index < -0.39 is 16.9 Å². The molecule has 1 aromatic rings. The van der Waals surface area contributed by atoms with Crippen molar-refractivity contribution in [1.82, 2.24) is 9.97 Å². The van der Waals surface area contributed by atoms with Crippen LogP contribution in [0.15, 0.2) is 6.20 Å². The Kier molecular flexibility index (Phi) is 4.98.